The van der Waals surface area contributed by atoms with Crippen molar-refractivity contribution in [2.45, 2.75) is 20.3 Å². The van der Waals surface area contributed by atoms with Crippen molar-refractivity contribution in [3.05, 3.63) is 17.7 Å². The van der Waals surface area contributed by atoms with Crippen LogP contribution >= 0.6 is 0 Å². The van der Waals surface area contributed by atoms with Crippen molar-refractivity contribution < 1.29 is 14.3 Å². The molecule has 0 saturated carbocycles. The summed E-state index contributed by atoms with van der Waals surface area (Å²) in [6, 6.07) is 3.75. The molecule has 0 aromatic heterocycles. The Kier molecular flexibility index (Phi) is 3.95. The van der Waals surface area contributed by atoms with E-state index in [9.17, 15) is 4.79 Å². The number of hydrogen-bond donors (Lipinski definition) is 1. The molecule has 2 N–H and O–H groups in total. The molecule has 0 radical (unpaired) electrons. The van der Waals surface area contributed by atoms with Crippen LogP contribution in [0.2, 0.25) is 0 Å². The minimum atomic E-state index is -0.0835. The number of aryl methyl sites for hydroxylation is 1. The normalized spacial score (nSPS) is 14.3. The highest BCUT2D eigenvalue weighted by Crippen LogP contribution is 2.38. The summed E-state index contributed by atoms with van der Waals surface area (Å²) in [7, 11) is 1.78. The first-order valence-corrected chi connectivity index (χ1v) is 6.42. The molecule has 2 rings (SSSR count). The second-order valence-corrected chi connectivity index (χ2v) is 4.87. The number of nitrogens with zero attached hydrogens (tertiary/aromatic N) is 1. The average Bonchev–Trinajstić information content (AvgIpc) is 2.83. The highest BCUT2D eigenvalue weighted by molar-refractivity contribution is 5.95. The van der Waals surface area contributed by atoms with Crippen LogP contribution < -0.4 is 20.1 Å². The van der Waals surface area contributed by atoms with Crippen LogP contribution in [0.1, 0.15) is 18.9 Å². The SMILES string of the molecule is Cc1cc2c(cc1N(C)C(=O)C(C)CCN)OCO2. The van der Waals surface area contributed by atoms with E-state index in [1.807, 2.05) is 26.0 Å². The molecule has 1 aliphatic heterocycles. The molecule has 1 aliphatic rings. The van der Waals surface area contributed by atoms with Gasteiger partial charge in [-0.2, -0.15) is 0 Å². The van der Waals surface area contributed by atoms with E-state index in [1.165, 1.54) is 0 Å². The fraction of sp³-hybridized carbons (Fsp3) is 0.500. The zero-order valence-corrected chi connectivity index (χ0v) is 11.6. The van der Waals surface area contributed by atoms with Gasteiger partial charge in [-0.15, -0.1) is 0 Å². The van der Waals surface area contributed by atoms with E-state index >= 15 is 0 Å². The van der Waals surface area contributed by atoms with Gasteiger partial charge in [0.2, 0.25) is 12.7 Å². The zero-order chi connectivity index (χ0) is 14.0. The van der Waals surface area contributed by atoms with E-state index in [2.05, 4.69) is 0 Å². The van der Waals surface area contributed by atoms with Gasteiger partial charge in [-0.05, 0) is 31.5 Å². The van der Waals surface area contributed by atoms with Gasteiger partial charge in [-0.1, -0.05) is 6.92 Å². The highest BCUT2D eigenvalue weighted by atomic mass is 16.7. The molecule has 0 fully saturated rings. The Labute approximate surface area is 113 Å². The van der Waals surface area contributed by atoms with Crippen molar-refractivity contribution in [2.24, 2.45) is 11.7 Å². The lowest BCUT2D eigenvalue weighted by molar-refractivity contribution is -0.121. The summed E-state index contributed by atoms with van der Waals surface area (Å²) in [6.45, 7) is 4.60. The Morgan fingerprint density at radius 3 is 2.68 bits per heavy atom. The van der Waals surface area contributed by atoms with Gasteiger partial charge in [0.05, 0.1) is 5.69 Å². The number of rotatable bonds is 4. The molecular formula is C14H20N2O3. The van der Waals surface area contributed by atoms with Crippen LogP contribution in [-0.4, -0.2) is 26.3 Å². The van der Waals surface area contributed by atoms with Crippen molar-refractivity contribution >= 4 is 11.6 Å². The van der Waals surface area contributed by atoms with Gasteiger partial charge in [0.15, 0.2) is 11.5 Å². The van der Waals surface area contributed by atoms with Gasteiger partial charge in [0, 0.05) is 19.0 Å². The van der Waals surface area contributed by atoms with Crippen molar-refractivity contribution in [1.82, 2.24) is 0 Å². The van der Waals surface area contributed by atoms with Crippen molar-refractivity contribution in [2.75, 3.05) is 25.3 Å². The maximum absolute atomic E-state index is 12.3. The maximum Gasteiger partial charge on any atom is 0.231 e. The van der Waals surface area contributed by atoms with Gasteiger partial charge in [0.1, 0.15) is 0 Å². The first-order valence-electron chi connectivity index (χ1n) is 6.42. The summed E-state index contributed by atoms with van der Waals surface area (Å²) in [4.78, 5) is 13.9. The van der Waals surface area contributed by atoms with Crippen LogP contribution in [0.3, 0.4) is 0 Å². The first-order chi connectivity index (χ1) is 9.04. The molecule has 5 nitrogen and oxygen atoms in total. The number of fused-ring (bicyclic) bond motifs is 1. The van der Waals surface area contributed by atoms with Crippen LogP contribution in [0.15, 0.2) is 12.1 Å². The zero-order valence-electron chi connectivity index (χ0n) is 11.6. The summed E-state index contributed by atoms with van der Waals surface area (Å²) in [6.07, 6.45) is 0.687. The van der Waals surface area contributed by atoms with Crippen LogP contribution in [0.5, 0.6) is 11.5 Å². The Morgan fingerprint density at radius 2 is 2.05 bits per heavy atom. The number of carbonyl (C=O) groups is 1. The third-order valence-corrected chi connectivity index (χ3v) is 3.40. The minimum absolute atomic E-state index is 0.0624. The van der Waals surface area contributed by atoms with Gasteiger partial charge < -0.3 is 20.1 Å². The van der Waals surface area contributed by atoms with Crippen LogP contribution in [0, 0.1) is 12.8 Å². The number of anilines is 1. The molecule has 0 saturated heterocycles. The Hall–Kier alpha value is -1.75. The number of hydrogen-bond acceptors (Lipinski definition) is 4. The van der Waals surface area contributed by atoms with Crippen LogP contribution in [-0.2, 0) is 4.79 Å². The smallest absolute Gasteiger partial charge is 0.231 e. The average molecular weight is 264 g/mol. The fourth-order valence-electron chi connectivity index (χ4n) is 2.22. The third-order valence-electron chi connectivity index (χ3n) is 3.40. The molecule has 0 spiro atoms. The molecular weight excluding hydrogens is 244 g/mol. The fourth-order valence-corrected chi connectivity index (χ4v) is 2.22. The molecule has 1 heterocycles. The molecule has 1 amide bonds. The van der Waals surface area contributed by atoms with Gasteiger partial charge >= 0.3 is 0 Å². The number of carbonyl (C=O) groups excluding carboxylic acids is 1. The molecule has 0 bridgehead atoms. The molecule has 1 unspecified atom stereocenters. The van der Waals surface area contributed by atoms with Crippen LogP contribution in [0.25, 0.3) is 0 Å². The summed E-state index contributed by atoms with van der Waals surface area (Å²) in [5.74, 6) is 1.40. The quantitative estimate of drug-likeness (QED) is 0.898. The van der Waals surface area contributed by atoms with Crippen molar-refractivity contribution in [3.63, 3.8) is 0 Å². The third kappa shape index (κ3) is 2.66. The monoisotopic (exact) mass is 264 g/mol. The minimum Gasteiger partial charge on any atom is -0.454 e. The van der Waals surface area contributed by atoms with Gasteiger partial charge in [0.25, 0.3) is 0 Å². The Bertz CT molecular complexity index is 488. The second-order valence-electron chi connectivity index (χ2n) is 4.87. The van der Waals surface area contributed by atoms with E-state index in [0.29, 0.717) is 18.7 Å². The molecule has 1 atom stereocenters. The Balaban J connectivity index is 2.24. The Morgan fingerprint density at radius 1 is 1.42 bits per heavy atom. The lowest BCUT2D eigenvalue weighted by atomic mass is 10.1. The number of ether oxygens (including phenoxy) is 2. The molecule has 1 aromatic rings. The van der Waals surface area contributed by atoms with Crippen molar-refractivity contribution in [1.29, 1.82) is 0 Å². The van der Waals surface area contributed by atoms with E-state index < -0.39 is 0 Å². The standard InChI is InChI=1S/C14H20N2O3/c1-9(4-5-15)14(17)16(3)11-7-13-12(6-10(11)2)18-8-19-13/h6-7,9H,4-5,8,15H2,1-3H3. The van der Waals surface area contributed by atoms with E-state index in [4.69, 9.17) is 15.2 Å². The molecule has 104 valence electrons. The summed E-state index contributed by atoms with van der Waals surface area (Å²) in [5, 5.41) is 0. The highest BCUT2D eigenvalue weighted by Gasteiger charge is 2.22. The molecule has 5 heteroatoms. The number of nitrogens with two attached hydrogens (primary N) is 1. The summed E-state index contributed by atoms with van der Waals surface area (Å²) >= 11 is 0. The summed E-state index contributed by atoms with van der Waals surface area (Å²) in [5.41, 5.74) is 7.33. The van der Waals surface area contributed by atoms with Crippen LogP contribution in [0.4, 0.5) is 5.69 Å². The van der Waals surface area contributed by atoms with E-state index in [1.54, 1.807) is 11.9 Å². The predicted molar refractivity (Wildman–Crippen MR) is 73.5 cm³/mol. The largest absolute Gasteiger partial charge is 0.454 e. The predicted octanol–water partition coefficient (Wildman–Crippen LogP) is 1.67. The second kappa shape index (κ2) is 5.48. The topological polar surface area (TPSA) is 64.8 Å². The van der Waals surface area contributed by atoms with E-state index in [0.717, 1.165) is 17.0 Å². The maximum atomic E-state index is 12.3. The first kappa shape index (κ1) is 13.7. The van der Waals surface area contributed by atoms with Gasteiger partial charge in [-0.25, -0.2) is 0 Å². The lowest BCUT2D eigenvalue weighted by Crippen LogP contribution is -2.33. The molecule has 1 aromatic carbocycles. The molecule has 0 aliphatic carbocycles. The van der Waals surface area contributed by atoms with E-state index in [-0.39, 0.29) is 18.6 Å². The number of benzene rings is 1. The van der Waals surface area contributed by atoms with Crippen molar-refractivity contribution in [3.8, 4) is 11.5 Å². The molecule has 19 heavy (non-hydrogen) atoms. The number of amides is 1. The lowest BCUT2D eigenvalue weighted by Gasteiger charge is -2.23. The summed E-state index contributed by atoms with van der Waals surface area (Å²) < 4.78 is 10.7. The van der Waals surface area contributed by atoms with Gasteiger partial charge in [-0.3, -0.25) is 4.79 Å².